The molecule has 0 spiro atoms. The van der Waals surface area contributed by atoms with Gasteiger partial charge in [0.1, 0.15) is 18.9 Å². The standard InChI is InChI=1S/C24H25NO5/c1-2-13-30-20-12-4-3-7-15(20)22-23-16(8-5-10-18(23)26)25(14-21(28)29)17-9-6-11-19(27)24(17)22/h2-4,7,12,22H,1,5-6,8-11,13-14H2,(H,28,29). The maximum absolute atomic E-state index is 13.1. The van der Waals surface area contributed by atoms with Gasteiger partial charge in [0.15, 0.2) is 11.6 Å². The van der Waals surface area contributed by atoms with Crippen molar-refractivity contribution in [2.45, 2.75) is 44.4 Å². The number of carbonyl (C=O) groups excluding carboxylic acids is 2. The lowest BCUT2D eigenvalue weighted by molar-refractivity contribution is -0.138. The predicted octanol–water partition coefficient (Wildman–Crippen LogP) is 3.75. The molecule has 1 heterocycles. The minimum Gasteiger partial charge on any atom is -0.489 e. The van der Waals surface area contributed by atoms with Crippen molar-refractivity contribution in [3.8, 4) is 5.75 Å². The molecule has 0 amide bonds. The van der Waals surface area contributed by atoms with Crippen LogP contribution in [0.5, 0.6) is 5.75 Å². The van der Waals surface area contributed by atoms with Crippen molar-refractivity contribution >= 4 is 17.5 Å². The van der Waals surface area contributed by atoms with Crippen LogP contribution in [-0.4, -0.2) is 40.7 Å². The van der Waals surface area contributed by atoms with E-state index in [4.69, 9.17) is 4.74 Å². The Hall–Kier alpha value is -3.15. The smallest absolute Gasteiger partial charge is 0.323 e. The first-order chi connectivity index (χ1) is 14.5. The minimum atomic E-state index is -0.974. The van der Waals surface area contributed by atoms with Crippen LogP contribution in [0.15, 0.2) is 59.5 Å². The molecule has 0 saturated heterocycles. The minimum absolute atomic E-state index is 0.0138. The second-order valence-electron chi connectivity index (χ2n) is 7.82. The number of nitrogens with zero attached hydrogens (tertiary/aromatic N) is 1. The van der Waals surface area contributed by atoms with Crippen LogP contribution in [0.2, 0.25) is 0 Å². The van der Waals surface area contributed by atoms with E-state index in [1.54, 1.807) is 11.0 Å². The SMILES string of the molecule is C=CCOc1ccccc1C1C2=C(CCCC2=O)N(CC(=O)O)C2=C1C(=O)CCC2. The number of hydrogen-bond acceptors (Lipinski definition) is 5. The summed E-state index contributed by atoms with van der Waals surface area (Å²) >= 11 is 0. The summed E-state index contributed by atoms with van der Waals surface area (Å²) < 4.78 is 5.87. The fraction of sp³-hybridized carbons (Fsp3) is 0.375. The highest BCUT2D eigenvalue weighted by molar-refractivity contribution is 6.06. The van der Waals surface area contributed by atoms with Gasteiger partial charge in [-0.2, -0.15) is 0 Å². The lowest BCUT2D eigenvalue weighted by atomic mass is 9.70. The molecule has 2 aliphatic carbocycles. The van der Waals surface area contributed by atoms with E-state index >= 15 is 0 Å². The highest BCUT2D eigenvalue weighted by Gasteiger charge is 2.44. The molecule has 0 aromatic heterocycles. The Morgan fingerprint density at radius 1 is 1.07 bits per heavy atom. The zero-order valence-electron chi connectivity index (χ0n) is 16.9. The number of ether oxygens (including phenoxy) is 1. The van der Waals surface area contributed by atoms with Crippen LogP contribution in [0.25, 0.3) is 0 Å². The summed E-state index contributed by atoms with van der Waals surface area (Å²) in [7, 11) is 0. The number of carbonyl (C=O) groups is 3. The molecule has 156 valence electrons. The number of ketones is 2. The molecule has 0 radical (unpaired) electrons. The Kier molecular flexibility index (Phi) is 5.57. The van der Waals surface area contributed by atoms with E-state index < -0.39 is 11.9 Å². The monoisotopic (exact) mass is 407 g/mol. The van der Waals surface area contributed by atoms with Crippen molar-refractivity contribution in [3.63, 3.8) is 0 Å². The summed E-state index contributed by atoms with van der Waals surface area (Å²) in [4.78, 5) is 39.6. The number of aliphatic carboxylic acids is 1. The molecule has 0 atom stereocenters. The molecule has 4 rings (SSSR count). The third-order valence-electron chi connectivity index (χ3n) is 5.97. The number of carboxylic acids is 1. The molecule has 0 unspecified atom stereocenters. The van der Waals surface area contributed by atoms with E-state index in [2.05, 4.69) is 6.58 Å². The summed E-state index contributed by atoms with van der Waals surface area (Å²) in [6, 6.07) is 7.47. The zero-order valence-corrected chi connectivity index (χ0v) is 16.9. The molecule has 1 aromatic carbocycles. The van der Waals surface area contributed by atoms with Gasteiger partial charge < -0.3 is 14.7 Å². The van der Waals surface area contributed by atoms with Crippen molar-refractivity contribution in [2.24, 2.45) is 0 Å². The molecular formula is C24H25NO5. The summed E-state index contributed by atoms with van der Waals surface area (Å²) in [6.45, 7) is 3.77. The average molecular weight is 407 g/mol. The van der Waals surface area contributed by atoms with Crippen LogP contribution in [0.4, 0.5) is 0 Å². The predicted molar refractivity (Wildman–Crippen MR) is 111 cm³/mol. The molecule has 1 N–H and O–H groups in total. The van der Waals surface area contributed by atoms with Crippen LogP contribution in [0.1, 0.15) is 50.0 Å². The van der Waals surface area contributed by atoms with Crippen molar-refractivity contribution in [1.82, 2.24) is 4.90 Å². The highest BCUT2D eigenvalue weighted by Crippen LogP contribution is 2.50. The van der Waals surface area contributed by atoms with Crippen molar-refractivity contribution in [3.05, 3.63) is 65.0 Å². The number of hydrogen-bond donors (Lipinski definition) is 1. The van der Waals surface area contributed by atoms with Gasteiger partial charge in [0.25, 0.3) is 0 Å². The first kappa shape index (κ1) is 20.1. The molecule has 3 aliphatic rings. The summed E-state index contributed by atoms with van der Waals surface area (Å²) in [5, 5.41) is 9.52. The Bertz CT molecular complexity index is 943. The molecule has 6 nitrogen and oxygen atoms in total. The summed E-state index contributed by atoms with van der Waals surface area (Å²) in [5.74, 6) is -0.899. The van der Waals surface area contributed by atoms with E-state index in [9.17, 15) is 19.5 Å². The average Bonchev–Trinajstić information content (AvgIpc) is 2.73. The normalized spacial score (nSPS) is 19.5. The fourth-order valence-electron chi connectivity index (χ4n) is 4.85. The van der Waals surface area contributed by atoms with Gasteiger partial charge in [0, 0.05) is 46.9 Å². The van der Waals surface area contributed by atoms with E-state index in [-0.39, 0.29) is 18.1 Å². The number of para-hydroxylation sites is 1. The topological polar surface area (TPSA) is 83.9 Å². The van der Waals surface area contributed by atoms with E-state index in [1.165, 1.54) is 0 Å². The highest BCUT2D eigenvalue weighted by atomic mass is 16.5. The lowest BCUT2D eigenvalue weighted by Gasteiger charge is -2.43. The van der Waals surface area contributed by atoms with E-state index in [0.29, 0.717) is 62.0 Å². The molecule has 6 heteroatoms. The summed E-state index contributed by atoms with van der Waals surface area (Å²) in [5.41, 5.74) is 3.41. The third-order valence-corrected chi connectivity index (χ3v) is 5.97. The van der Waals surface area contributed by atoms with Crippen molar-refractivity contribution in [1.29, 1.82) is 0 Å². The molecule has 1 aliphatic heterocycles. The second kappa shape index (κ2) is 8.30. The van der Waals surface area contributed by atoms with Crippen LogP contribution >= 0.6 is 0 Å². The molecule has 0 bridgehead atoms. The van der Waals surface area contributed by atoms with Crippen LogP contribution in [-0.2, 0) is 14.4 Å². The van der Waals surface area contributed by atoms with Gasteiger partial charge in [0.05, 0.1) is 0 Å². The first-order valence-electron chi connectivity index (χ1n) is 10.4. The number of allylic oxidation sites excluding steroid dienone is 4. The van der Waals surface area contributed by atoms with Gasteiger partial charge in [-0.3, -0.25) is 14.4 Å². The number of carboxylic acid groups (broad SMARTS) is 1. The molecule has 0 fully saturated rings. The molecular weight excluding hydrogens is 382 g/mol. The van der Waals surface area contributed by atoms with E-state index in [1.807, 2.05) is 24.3 Å². The largest absolute Gasteiger partial charge is 0.489 e. The van der Waals surface area contributed by atoms with Gasteiger partial charge in [-0.25, -0.2) is 0 Å². The Labute approximate surface area is 175 Å². The van der Waals surface area contributed by atoms with Gasteiger partial charge in [-0.15, -0.1) is 0 Å². The number of benzene rings is 1. The van der Waals surface area contributed by atoms with Gasteiger partial charge in [0.2, 0.25) is 0 Å². The number of Topliss-reactive ketones (excluding diaryl/α,β-unsaturated/α-hetero) is 2. The second-order valence-corrected chi connectivity index (χ2v) is 7.82. The van der Waals surface area contributed by atoms with Crippen LogP contribution < -0.4 is 4.74 Å². The molecule has 0 saturated carbocycles. The Morgan fingerprint density at radius 3 is 2.23 bits per heavy atom. The third kappa shape index (κ3) is 3.47. The van der Waals surface area contributed by atoms with Gasteiger partial charge >= 0.3 is 5.97 Å². The van der Waals surface area contributed by atoms with Gasteiger partial charge in [-0.05, 0) is 31.7 Å². The van der Waals surface area contributed by atoms with Crippen LogP contribution in [0.3, 0.4) is 0 Å². The van der Waals surface area contributed by atoms with E-state index in [0.717, 1.165) is 17.0 Å². The molecule has 30 heavy (non-hydrogen) atoms. The number of rotatable bonds is 6. The maximum Gasteiger partial charge on any atom is 0.323 e. The van der Waals surface area contributed by atoms with Crippen LogP contribution in [0, 0.1) is 0 Å². The van der Waals surface area contributed by atoms with Gasteiger partial charge in [-0.1, -0.05) is 30.9 Å². The maximum atomic E-state index is 13.1. The van der Waals surface area contributed by atoms with Crippen molar-refractivity contribution < 1.29 is 24.2 Å². The Morgan fingerprint density at radius 2 is 1.67 bits per heavy atom. The molecule has 1 aromatic rings. The first-order valence-corrected chi connectivity index (χ1v) is 10.4. The quantitative estimate of drug-likeness (QED) is 0.723. The fourth-order valence-corrected chi connectivity index (χ4v) is 4.85. The lowest BCUT2D eigenvalue weighted by Crippen LogP contribution is -2.41. The Balaban J connectivity index is 1.95. The van der Waals surface area contributed by atoms with Crippen molar-refractivity contribution in [2.75, 3.05) is 13.2 Å². The summed E-state index contributed by atoms with van der Waals surface area (Å²) in [6.07, 6.45) is 5.10. The zero-order chi connectivity index (χ0) is 21.3.